The van der Waals surface area contributed by atoms with Crippen molar-refractivity contribution in [1.82, 2.24) is 4.98 Å². The van der Waals surface area contributed by atoms with Crippen LogP contribution >= 0.6 is 0 Å². The Morgan fingerprint density at radius 3 is 2.75 bits per heavy atom. The van der Waals surface area contributed by atoms with Crippen molar-refractivity contribution in [2.24, 2.45) is 5.92 Å². The number of carbonyl (C=O) groups excluding carboxylic acids is 1. The molecule has 0 unspecified atom stereocenters. The highest BCUT2D eigenvalue weighted by atomic mass is 16.5. The molecule has 0 atom stereocenters. The Bertz CT molecular complexity index is 835. The first kappa shape index (κ1) is 16.1. The van der Waals surface area contributed by atoms with Crippen LogP contribution in [-0.2, 0) is 11.2 Å². The van der Waals surface area contributed by atoms with Gasteiger partial charge in [0.15, 0.2) is 5.58 Å². The van der Waals surface area contributed by atoms with Crippen LogP contribution in [0.25, 0.3) is 11.1 Å². The van der Waals surface area contributed by atoms with Crippen LogP contribution in [0.3, 0.4) is 0 Å². The van der Waals surface area contributed by atoms with Gasteiger partial charge in [-0.2, -0.15) is 4.98 Å². The molecule has 124 valence electrons. The van der Waals surface area contributed by atoms with Crippen LogP contribution in [0.1, 0.15) is 19.4 Å². The van der Waals surface area contributed by atoms with Crippen molar-refractivity contribution in [3.8, 4) is 5.75 Å². The van der Waals surface area contributed by atoms with Crippen LogP contribution in [0.4, 0.5) is 11.7 Å². The van der Waals surface area contributed by atoms with E-state index >= 15 is 0 Å². The van der Waals surface area contributed by atoms with Crippen molar-refractivity contribution >= 4 is 28.6 Å². The second-order valence-electron chi connectivity index (χ2n) is 5.94. The molecule has 1 N–H and O–H groups in total. The van der Waals surface area contributed by atoms with Gasteiger partial charge >= 0.3 is 0 Å². The maximum atomic E-state index is 11.9. The van der Waals surface area contributed by atoms with Crippen LogP contribution in [0.2, 0.25) is 0 Å². The molecule has 0 spiro atoms. The fraction of sp³-hybridized carbons (Fsp3) is 0.263. The Morgan fingerprint density at radius 1 is 1.25 bits per heavy atom. The quantitative estimate of drug-likeness (QED) is 0.730. The smallest absolute Gasteiger partial charge is 0.300 e. The van der Waals surface area contributed by atoms with Gasteiger partial charge in [0.1, 0.15) is 17.0 Å². The average molecular weight is 324 g/mol. The predicted octanol–water partition coefficient (Wildman–Crippen LogP) is 4.35. The first-order valence-electron chi connectivity index (χ1n) is 7.89. The summed E-state index contributed by atoms with van der Waals surface area (Å²) in [6, 6.07) is 13.6. The third kappa shape index (κ3) is 3.40. The molecular weight excluding hydrogens is 304 g/mol. The zero-order valence-electron chi connectivity index (χ0n) is 14.0. The summed E-state index contributed by atoms with van der Waals surface area (Å²) >= 11 is 0. The molecule has 1 heterocycles. The molecule has 0 fully saturated rings. The molecule has 0 saturated carbocycles. The number of ketones is 1. The van der Waals surface area contributed by atoms with Gasteiger partial charge in [0, 0.05) is 12.3 Å². The highest BCUT2D eigenvalue weighted by Gasteiger charge is 2.12. The Labute approximate surface area is 140 Å². The minimum Gasteiger partial charge on any atom is -0.495 e. The van der Waals surface area contributed by atoms with Crippen molar-refractivity contribution < 1.29 is 13.9 Å². The van der Waals surface area contributed by atoms with E-state index in [1.54, 1.807) is 7.11 Å². The molecule has 24 heavy (non-hydrogen) atoms. The van der Waals surface area contributed by atoms with Crippen LogP contribution in [0.5, 0.6) is 5.75 Å². The lowest BCUT2D eigenvalue weighted by atomic mass is 10.0. The number of ether oxygens (including phenoxy) is 1. The number of methoxy groups -OCH3 is 1. The highest BCUT2D eigenvalue weighted by Crippen LogP contribution is 2.30. The number of Topliss-reactive ketones (excluding diaryl/α,β-unsaturated/α-hetero) is 1. The number of fused-ring (bicyclic) bond motifs is 1. The number of nitrogens with zero attached hydrogens (tertiary/aromatic N) is 1. The first-order chi connectivity index (χ1) is 11.6. The molecule has 1 aromatic heterocycles. The number of nitrogens with one attached hydrogen (secondary N) is 1. The van der Waals surface area contributed by atoms with Crippen molar-refractivity contribution in [2.45, 2.75) is 20.3 Å². The number of aromatic nitrogens is 1. The SMILES string of the molecule is COc1cc(CC(=O)C(C)C)ccc1Nc1nc2ccccc2o1. The van der Waals surface area contributed by atoms with Crippen LogP contribution in [-0.4, -0.2) is 17.9 Å². The molecule has 3 rings (SSSR count). The van der Waals surface area contributed by atoms with E-state index in [-0.39, 0.29) is 11.7 Å². The third-order valence-electron chi connectivity index (χ3n) is 3.82. The molecule has 0 aliphatic heterocycles. The van der Waals surface area contributed by atoms with Gasteiger partial charge in [-0.15, -0.1) is 0 Å². The van der Waals surface area contributed by atoms with Gasteiger partial charge in [0.25, 0.3) is 6.01 Å². The molecule has 5 nitrogen and oxygen atoms in total. The number of carbonyl (C=O) groups is 1. The minimum absolute atomic E-state index is 0.0218. The predicted molar refractivity (Wildman–Crippen MR) is 93.8 cm³/mol. The monoisotopic (exact) mass is 324 g/mol. The van der Waals surface area contributed by atoms with E-state index in [4.69, 9.17) is 9.15 Å². The van der Waals surface area contributed by atoms with Gasteiger partial charge in [-0.25, -0.2) is 0 Å². The van der Waals surface area contributed by atoms with E-state index in [0.717, 1.165) is 22.4 Å². The lowest BCUT2D eigenvalue weighted by Crippen LogP contribution is -2.10. The zero-order chi connectivity index (χ0) is 17.1. The molecule has 2 aromatic carbocycles. The summed E-state index contributed by atoms with van der Waals surface area (Å²) in [5.41, 5.74) is 3.18. The summed E-state index contributed by atoms with van der Waals surface area (Å²) in [7, 11) is 1.60. The summed E-state index contributed by atoms with van der Waals surface area (Å²) in [4.78, 5) is 16.3. The molecule has 0 aliphatic rings. The Morgan fingerprint density at radius 2 is 2.04 bits per heavy atom. The van der Waals surface area contributed by atoms with Crippen molar-refractivity contribution in [1.29, 1.82) is 0 Å². The lowest BCUT2D eigenvalue weighted by molar-refractivity contribution is -0.121. The molecular formula is C19H20N2O3. The van der Waals surface area contributed by atoms with Crippen LogP contribution in [0, 0.1) is 5.92 Å². The highest BCUT2D eigenvalue weighted by molar-refractivity contribution is 5.83. The second-order valence-corrected chi connectivity index (χ2v) is 5.94. The van der Waals surface area contributed by atoms with Crippen molar-refractivity contribution in [3.63, 3.8) is 0 Å². The standard InChI is InChI=1S/C19H20N2O3/c1-12(2)16(22)10-13-8-9-15(18(11-13)23-3)21-19-20-14-6-4-5-7-17(14)24-19/h4-9,11-12H,10H2,1-3H3,(H,20,21). The molecule has 0 saturated heterocycles. The van der Waals surface area contributed by atoms with Gasteiger partial charge < -0.3 is 14.5 Å². The minimum atomic E-state index is 0.0218. The fourth-order valence-corrected chi connectivity index (χ4v) is 2.40. The largest absolute Gasteiger partial charge is 0.495 e. The number of para-hydroxylation sites is 2. The van der Waals surface area contributed by atoms with Gasteiger partial charge in [0.2, 0.25) is 0 Å². The van der Waals surface area contributed by atoms with E-state index in [2.05, 4.69) is 10.3 Å². The normalized spacial score (nSPS) is 11.0. The Balaban J connectivity index is 1.83. The maximum absolute atomic E-state index is 11.9. The number of oxazole rings is 1. The van der Waals surface area contributed by atoms with Crippen molar-refractivity contribution in [3.05, 3.63) is 48.0 Å². The molecule has 3 aromatic rings. The maximum Gasteiger partial charge on any atom is 0.300 e. The zero-order valence-corrected chi connectivity index (χ0v) is 14.0. The van der Waals surface area contributed by atoms with Gasteiger partial charge in [-0.1, -0.05) is 32.0 Å². The van der Waals surface area contributed by atoms with Gasteiger partial charge in [-0.3, -0.25) is 4.79 Å². The van der Waals surface area contributed by atoms with E-state index in [9.17, 15) is 4.79 Å². The number of anilines is 2. The van der Waals surface area contributed by atoms with Gasteiger partial charge in [-0.05, 0) is 29.8 Å². The number of hydrogen-bond acceptors (Lipinski definition) is 5. The fourth-order valence-electron chi connectivity index (χ4n) is 2.40. The third-order valence-corrected chi connectivity index (χ3v) is 3.82. The van der Waals surface area contributed by atoms with E-state index < -0.39 is 0 Å². The van der Waals surface area contributed by atoms with Gasteiger partial charge in [0.05, 0.1) is 12.8 Å². The van der Waals surface area contributed by atoms with Crippen LogP contribution in [0.15, 0.2) is 46.9 Å². The molecule has 0 bridgehead atoms. The number of benzene rings is 2. The van der Waals surface area contributed by atoms with E-state index in [1.807, 2.05) is 56.3 Å². The Hall–Kier alpha value is -2.82. The summed E-state index contributed by atoms with van der Waals surface area (Å²) < 4.78 is 11.1. The topological polar surface area (TPSA) is 64.4 Å². The molecule has 0 radical (unpaired) electrons. The summed E-state index contributed by atoms with van der Waals surface area (Å²) in [5, 5.41) is 3.13. The summed E-state index contributed by atoms with van der Waals surface area (Å²) in [5.74, 6) is 0.872. The Kier molecular flexibility index (Phi) is 4.51. The van der Waals surface area contributed by atoms with E-state index in [0.29, 0.717) is 18.2 Å². The second kappa shape index (κ2) is 6.74. The number of rotatable bonds is 6. The number of hydrogen-bond donors (Lipinski definition) is 1. The lowest BCUT2D eigenvalue weighted by Gasteiger charge is -2.11. The molecule has 5 heteroatoms. The van der Waals surface area contributed by atoms with E-state index in [1.165, 1.54) is 0 Å². The summed E-state index contributed by atoms with van der Waals surface area (Å²) in [6.45, 7) is 3.81. The van der Waals surface area contributed by atoms with Crippen LogP contribution < -0.4 is 10.1 Å². The average Bonchev–Trinajstić information content (AvgIpc) is 2.98. The summed E-state index contributed by atoms with van der Waals surface area (Å²) in [6.07, 6.45) is 0.400. The molecule has 0 aliphatic carbocycles. The van der Waals surface area contributed by atoms with Crippen molar-refractivity contribution in [2.75, 3.05) is 12.4 Å². The molecule has 0 amide bonds. The first-order valence-corrected chi connectivity index (χ1v) is 7.89.